The molecule has 2 aliphatic heterocycles. The fourth-order valence-electron chi connectivity index (χ4n) is 4.07. The average molecular weight is 374 g/mol. The summed E-state index contributed by atoms with van der Waals surface area (Å²) < 4.78 is 39.8. The van der Waals surface area contributed by atoms with Gasteiger partial charge >= 0.3 is 6.18 Å². The van der Waals surface area contributed by atoms with Crippen molar-refractivity contribution in [2.45, 2.75) is 45.5 Å². The largest absolute Gasteiger partial charge is 0.416 e. The lowest BCUT2D eigenvalue weighted by molar-refractivity contribution is -0.137. The van der Waals surface area contributed by atoms with Gasteiger partial charge in [0.25, 0.3) is 0 Å². The Kier molecular flexibility index (Phi) is 4.17. The topological polar surface area (TPSA) is 23.6 Å². The summed E-state index contributed by atoms with van der Waals surface area (Å²) in [5.41, 5.74) is 3.39. The maximum atomic E-state index is 13.3. The number of carbonyl (C=O) groups excluding carboxylic acids is 1. The van der Waals surface area contributed by atoms with E-state index in [2.05, 4.69) is 0 Å². The summed E-state index contributed by atoms with van der Waals surface area (Å²) in [4.78, 5) is 16.6. The number of anilines is 2. The molecule has 2 aliphatic rings. The Hall–Kier alpha value is -2.50. The van der Waals surface area contributed by atoms with Crippen LogP contribution in [0.15, 0.2) is 36.4 Å². The van der Waals surface area contributed by atoms with Crippen molar-refractivity contribution in [2.75, 3.05) is 16.3 Å². The second kappa shape index (κ2) is 6.29. The third-order valence-electron chi connectivity index (χ3n) is 5.54. The first kappa shape index (κ1) is 17.9. The van der Waals surface area contributed by atoms with Crippen molar-refractivity contribution < 1.29 is 18.0 Å². The van der Waals surface area contributed by atoms with E-state index >= 15 is 0 Å². The monoisotopic (exact) mass is 374 g/mol. The minimum Gasteiger partial charge on any atom is -0.358 e. The van der Waals surface area contributed by atoms with E-state index in [0.29, 0.717) is 12.2 Å². The second-order valence-corrected chi connectivity index (χ2v) is 7.41. The number of rotatable bonds is 2. The summed E-state index contributed by atoms with van der Waals surface area (Å²) in [6, 6.07) is 9.43. The van der Waals surface area contributed by atoms with Crippen molar-refractivity contribution in [1.82, 2.24) is 0 Å². The number of hydrogen-bond donors (Lipinski definition) is 0. The van der Waals surface area contributed by atoms with Crippen LogP contribution >= 0.6 is 0 Å². The Morgan fingerprint density at radius 2 is 1.85 bits per heavy atom. The molecule has 4 rings (SSSR count). The molecule has 0 spiro atoms. The lowest BCUT2D eigenvalue weighted by Crippen LogP contribution is -2.50. The van der Waals surface area contributed by atoms with Gasteiger partial charge in [0.1, 0.15) is 6.04 Å². The van der Waals surface area contributed by atoms with Gasteiger partial charge in [0.15, 0.2) is 0 Å². The molecular formula is C21H21F3N2O. The van der Waals surface area contributed by atoms with Crippen LogP contribution in [0.4, 0.5) is 24.5 Å². The fourth-order valence-corrected chi connectivity index (χ4v) is 4.07. The highest BCUT2D eigenvalue weighted by Crippen LogP contribution is 2.43. The SMILES string of the molecule is Cc1ccc(C)c(CN2C(=O)[C@H]3CCCN3c3ccc(C(F)(F)F)cc32)c1. The molecule has 142 valence electrons. The Morgan fingerprint density at radius 1 is 1.07 bits per heavy atom. The van der Waals surface area contributed by atoms with E-state index in [9.17, 15) is 18.0 Å². The van der Waals surface area contributed by atoms with Crippen molar-refractivity contribution in [3.05, 3.63) is 58.7 Å². The summed E-state index contributed by atoms with van der Waals surface area (Å²) >= 11 is 0. The van der Waals surface area contributed by atoms with E-state index < -0.39 is 11.7 Å². The quantitative estimate of drug-likeness (QED) is 0.751. The molecule has 27 heavy (non-hydrogen) atoms. The molecule has 1 fully saturated rings. The molecule has 2 aromatic carbocycles. The Balaban J connectivity index is 1.82. The zero-order valence-electron chi connectivity index (χ0n) is 15.3. The Labute approximate surface area is 156 Å². The molecule has 3 nitrogen and oxygen atoms in total. The highest BCUT2D eigenvalue weighted by molar-refractivity contribution is 6.06. The number of nitrogens with zero attached hydrogens (tertiary/aromatic N) is 2. The molecule has 1 amide bonds. The number of halogens is 3. The van der Waals surface area contributed by atoms with Crippen LogP contribution < -0.4 is 9.80 Å². The normalized spacial score (nSPS) is 19.3. The van der Waals surface area contributed by atoms with Crippen LogP contribution in [0.5, 0.6) is 0 Å². The van der Waals surface area contributed by atoms with Crippen LogP contribution in [0.25, 0.3) is 0 Å². The lowest BCUT2D eigenvalue weighted by Gasteiger charge is -2.40. The van der Waals surface area contributed by atoms with Crippen molar-refractivity contribution in [3.63, 3.8) is 0 Å². The van der Waals surface area contributed by atoms with E-state index in [0.717, 1.165) is 47.4 Å². The lowest BCUT2D eigenvalue weighted by atomic mass is 10.0. The second-order valence-electron chi connectivity index (χ2n) is 7.41. The third-order valence-corrected chi connectivity index (χ3v) is 5.54. The van der Waals surface area contributed by atoms with Gasteiger partial charge in [-0.15, -0.1) is 0 Å². The first-order valence-corrected chi connectivity index (χ1v) is 9.11. The van der Waals surface area contributed by atoms with Crippen molar-refractivity contribution >= 4 is 17.3 Å². The Bertz CT molecular complexity index is 907. The maximum absolute atomic E-state index is 13.3. The molecule has 0 aromatic heterocycles. The molecule has 1 saturated heterocycles. The molecule has 0 N–H and O–H groups in total. The van der Waals surface area contributed by atoms with Gasteiger partial charge in [-0.25, -0.2) is 0 Å². The zero-order chi connectivity index (χ0) is 19.3. The Morgan fingerprint density at radius 3 is 2.59 bits per heavy atom. The molecule has 2 aromatic rings. The molecule has 0 aliphatic carbocycles. The van der Waals surface area contributed by atoms with E-state index in [1.165, 1.54) is 6.07 Å². The molecule has 2 heterocycles. The number of aryl methyl sites for hydroxylation is 2. The number of amides is 1. The fraction of sp³-hybridized carbons (Fsp3) is 0.381. The molecular weight excluding hydrogens is 353 g/mol. The predicted molar refractivity (Wildman–Crippen MR) is 98.9 cm³/mol. The van der Waals surface area contributed by atoms with E-state index in [1.807, 2.05) is 36.9 Å². The van der Waals surface area contributed by atoms with Crippen LogP contribution in [0.2, 0.25) is 0 Å². The van der Waals surface area contributed by atoms with Gasteiger partial charge in [0, 0.05) is 6.54 Å². The summed E-state index contributed by atoms with van der Waals surface area (Å²) in [5.74, 6) is -0.111. The van der Waals surface area contributed by atoms with Crippen molar-refractivity contribution in [2.24, 2.45) is 0 Å². The van der Waals surface area contributed by atoms with Crippen LogP contribution in [-0.2, 0) is 17.5 Å². The number of fused-ring (bicyclic) bond motifs is 3. The predicted octanol–water partition coefficient (Wildman–Crippen LogP) is 4.84. The van der Waals surface area contributed by atoms with Gasteiger partial charge in [-0.1, -0.05) is 23.8 Å². The van der Waals surface area contributed by atoms with E-state index in [1.54, 1.807) is 4.90 Å². The number of benzene rings is 2. The summed E-state index contributed by atoms with van der Waals surface area (Å²) in [5, 5.41) is 0. The first-order chi connectivity index (χ1) is 12.8. The van der Waals surface area contributed by atoms with Gasteiger partial charge in [0.2, 0.25) is 5.91 Å². The average Bonchev–Trinajstić information content (AvgIpc) is 3.10. The van der Waals surface area contributed by atoms with E-state index in [-0.39, 0.29) is 18.5 Å². The van der Waals surface area contributed by atoms with Crippen molar-refractivity contribution in [1.29, 1.82) is 0 Å². The van der Waals surface area contributed by atoms with E-state index in [4.69, 9.17) is 0 Å². The molecule has 6 heteroatoms. The van der Waals surface area contributed by atoms with Crippen molar-refractivity contribution in [3.8, 4) is 0 Å². The van der Waals surface area contributed by atoms with Crippen LogP contribution in [0.1, 0.15) is 35.1 Å². The third kappa shape index (κ3) is 3.07. The molecule has 0 unspecified atom stereocenters. The smallest absolute Gasteiger partial charge is 0.358 e. The summed E-state index contributed by atoms with van der Waals surface area (Å²) in [6.45, 7) is 4.91. The molecule has 0 radical (unpaired) electrons. The van der Waals surface area contributed by atoms with Crippen LogP contribution in [0, 0.1) is 13.8 Å². The van der Waals surface area contributed by atoms with Crippen LogP contribution in [-0.4, -0.2) is 18.5 Å². The number of alkyl halides is 3. The highest BCUT2D eigenvalue weighted by Gasteiger charge is 2.42. The molecule has 0 bridgehead atoms. The standard InChI is InChI=1S/C21H21F3N2O/c1-13-5-6-14(2)15(10-13)12-26-19-11-16(21(22,23)24)7-8-17(19)25-9-3-4-18(25)20(26)27/h5-8,10-11,18H,3-4,9,12H2,1-2H3/t18-/m1/s1. The first-order valence-electron chi connectivity index (χ1n) is 9.11. The minimum absolute atomic E-state index is 0.111. The van der Waals surface area contributed by atoms with Crippen LogP contribution in [0.3, 0.4) is 0 Å². The van der Waals surface area contributed by atoms with Gasteiger partial charge in [-0.2, -0.15) is 13.2 Å². The highest BCUT2D eigenvalue weighted by atomic mass is 19.4. The minimum atomic E-state index is -4.44. The summed E-state index contributed by atoms with van der Waals surface area (Å²) in [6.07, 6.45) is -2.83. The van der Waals surface area contributed by atoms with Gasteiger partial charge in [-0.05, 0) is 56.0 Å². The number of hydrogen-bond acceptors (Lipinski definition) is 2. The van der Waals surface area contributed by atoms with Gasteiger partial charge in [0.05, 0.1) is 23.5 Å². The molecule has 0 saturated carbocycles. The van der Waals surface area contributed by atoms with Gasteiger partial charge in [-0.3, -0.25) is 4.79 Å². The maximum Gasteiger partial charge on any atom is 0.416 e. The molecule has 1 atom stereocenters. The van der Waals surface area contributed by atoms with Gasteiger partial charge < -0.3 is 9.80 Å². The zero-order valence-corrected chi connectivity index (χ0v) is 15.3. The number of carbonyl (C=O) groups is 1. The summed E-state index contributed by atoms with van der Waals surface area (Å²) in [7, 11) is 0.